The highest BCUT2D eigenvalue weighted by Gasteiger charge is 2.34. The molecule has 1 saturated carbocycles. The van der Waals surface area contributed by atoms with Gasteiger partial charge in [-0.1, -0.05) is 19.3 Å². The van der Waals surface area contributed by atoms with Gasteiger partial charge in [0.25, 0.3) is 0 Å². The van der Waals surface area contributed by atoms with Crippen LogP contribution in [0.4, 0.5) is 0 Å². The molecule has 2 atom stereocenters. The van der Waals surface area contributed by atoms with E-state index in [1.165, 1.54) is 39.2 Å². The maximum atomic E-state index is 11.4. The summed E-state index contributed by atoms with van der Waals surface area (Å²) in [5, 5.41) is 3.44. The van der Waals surface area contributed by atoms with Gasteiger partial charge in [0.2, 0.25) is 0 Å². The van der Waals surface area contributed by atoms with Gasteiger partial charge in [0.05, 0.1) is 7.11 Å². The lowest BCUT2D eigenvalue weighted by Gasteiger charge is -2.27. The first kappa shape index (κ1) is 10.9. The van der Waals surface area contributed by atoms with Crippen molar-refractivity contribution in [1.82, 2.24) is 5.32 Å². The number of methoxy groups -OCH3 is 1. The molecule has 1 N–H and O–H groups in total. The van der Waals surface area contributed by atoms with Gasteiger partial charge in [-0.05, 0) is 31.6 Å². The summed E-state index contributed by atoms with van der Waals surface area (Å²) in [6.07, 6.45) is 8.90. The standard InChI is InChI=1S/C12H21NO2/c1-15-12(14)11-8-7-10(13-11)9-5-3-2-4-6-9/h9-11,13H,2-8H2,1H3/t10?,11-/m0/s1. The van der Waals surface area contributed by atoms with Crippen LogP contribution in [0.1, 0.15) is 44.9 Å². The van der Waals surface area contributed by atoms with E-state index < -0.39 is 0 Å². The van der Waals surface area contributed by atoms with Gasteiger partial charge in [-0.25, -0.2) is 0 Å². The minimum Gasteiger partial charge on any atom is -0.468 e. The highest BCUT2D eigenvalue weighted by atomic mass is 16.5. The third kappa shape index (κ3) is 2.51. The average molecular weight is 211 g/mol. The molecule has 1 heterocycles. The van der Waals surface area contributed by atoms with Crippen LogP contribution < -0.4 is 5.32 Å². The molecule has 0 radical (unpaired) electrons. The fourth-order valence-electron chi connectivity index (χ4n) is 3.01. The number of nitrogens with one attached hydrogen (secondary N) is 1. The molecule has 0 bridgehead atoms. The van der Waals surface area contributed by atoms with Crippen molar-refractivity contribution in [1.29, 1.82) is 0 Å². The molecule has 15 heavy (non-hydrogen) atoms. The van der Waals surface area contributed by atoms with Gasteiger partial charge < -0.3 is 10.1 Å². The van der Waals surface area contributed by atoms with Crippen LogP contribution in [-0.4, -0.2) is 25.2 Å². The summed E-state index contributed by atoms with van der Waals surface area (Å²) < 4.78 is 4.77. The van der Waals surface area contributed by atoms with E-state index in [0.29, 0.717) is 6.04 Å². The quantitative estimate of drug-likeness (QED) is 0.708. The maximum absolute atomic E-state index is 11.4. The molecule has 1 unspecified atom stereocenters. The summed E-state index contributed by atoms with van der Waals surface area (Å²) in [5.41, 5.74) is 0. The van der Waals surface area contributed by atoms with Crippen molar-refractivity contribution < 1.29 is 9.53 Å². The molecule has 0 aromatic carbocycles. The van der Waals surface area contributed by atoms with Crippen molar-refractivity contribution in [3.8, 4) is 0 Å². The summed E-state index contributed by atoms with van der Waals surface area (Å²) in [6, 6.07) is 0.524. The lowest BCUT2D eigenvalue weighted by atomic mass is 9.83. The molecule has 0 spiro atoms. The van der Waals surface area contributed by atoms with E-state index >= 15 is 0 Å². The Morgan fingerprint density at radius 3 is 2.53 bits per heavy atom. The fourth-order valence-corrected chi connectivity index (χ4v) is 3.01. The van der Waals surface area contributed by atoms with Crippen molar-refractivity contribution in [2.45, 2.75) is 57.0 Å². The second-order valence-corrected chi connectivity index (χ2v) is 4.82. The number of carbonyl (C=O) groups excluding carboxylic acids is 1. The first-order valence-electron chi connectivity index (χ1n) is 6.15. The second-order valence-electron chi connectivity index (χ2n) is 4.82. The Labute approximate surface area is 91.6 Å². The molecule has 3 heteroatoms. The number of hydrogen-bond acceptors (Lipinski definition) is 3. The largest absolute Gasteiger partial charge is 0.468 e. The topological polar surface area (TPSA) is 38.3 Å². The van der Waals surface area contributed by atoms with E-state index in [1.54, 1.807) is 0 Å². The molecule has 1 aliphatic carbocycles. The summed E-state index contributed by atoms with van der Waals surface area (Å²) in [7, 11) is 1.47. The fraction of sp³-hybridized carbons (Fsp3) is 0.917. The average Bonchev–Trinajstić information content (AvgIpc) is 2.78. The molecule has 2 rings (SSSR count). The molecular weight excluding hydrogens is 190 g/mol. The molecular formula is C12H21NO2. The Kier molecular flexibility index (Phi) is 3.62. The first-order chi connectivity index (χ1) is 7.31. The van der Waals surface area contributed by atoms with E-state index in [4.69, 9.17) is 4.74 Å². The summed E-state index contributed by atoms with van der Waals surface area (Å²) in [5.74, 6) is 0.710. The Hall–Kier alpha value is -0.570. The number of carbonyl (C=O) groups is 1. The lowest BCUT2D eigenvalue weighted by Crippen LogP contribution is -2.40. The minimum atomic E-state index is -0.0895. The second kappa shape index (κ2) is 4.97. The molecule has 2 fully saturated rings. The summed E-state index contributed by atoms with van der Waals surface area (Å²) >= 11 is 0. The van der Waals surface area contributed by atoms with Crippen molar-refractivity contribution in [2.75, 3.05) is 7.11 Å². The molecule has 0 aromatic rings. The molecule has 1 aliphatic heterocycles. The van der Waals surface area contributed by atoms with Crippen LogP contribution in [0.5, 0.6) is 0 Å². The van der Waals surface area contributed by atoms with Gasteiger partial charge in [0, 0.05) is 6.04 Å². The van der Waals surface area contributed by atoms with Crippen LogP contribution in [-0.2, 0) is 9.53 Å². The van der Waals surface area contributed by atoms with Gasteiger partial charge in [0.1, 0.15) is 6.04 Å². The van der Waals surface area contributed by atoms with Crippen LogP contribution in [0.2, 0.25) is 0 Å². The van der Waals surface area contributed by atoms with Gasteiger partial charge in [-0.3, -0.25) is 4.79 Å². The molecule has 3 nitrogen and oxygen atoms in total. The predicted octanol–water partition coefficient (Wildman–Crippen LogP) is 1.86. The molecule has 0 amide bonds. The number of hydrogen-bond donors (Lipinski definition) is 1. The smallest absolute Gasteiger partial charge is 0.322 e. The third-order valence-corrected chi connectivity index (χ3v) is 3.89. The Morgan fingerprint density at radius 1 is 1.13 bits per heavy atom. The van der Waals surface area contributed by atoms with Gasteiger partial charge >= 0.3 is 5.97 Å². The summed E-state index contributed by atoms with van der Waals surface area (Å²) in [6.45, 7) is 0. The van der Waals surface area contributed by atoms with Gasteiger partial charge in [0.15, 0.2) is 0 Å². The van der Waals surface area contributed by atoms with E-state index in [-0.39, 0.29) is 12.0 Å². The SMILES string of the molecule is COC(=O)[C@@H]1CCC(C2CCCCC2)N1. The Bertz CT molecular complexity index is 224. The minimum absolute atomic E-state index is 0.0399. The van der Waals surface area contributed by atoms with Crippen LogP contribution >= 0.6 is 0 Å². The molecule has 86 valence electrons. The van der Waals surface area contributed by atoms with E-state index in [9.17, 15) is 4.79 Å². The monoisotopic (exact) mass is 211 g/mol. The van der Waals surface area contributed by atoms with E-state index in [2.05, 4.69) is 5.32 Å². The Balaban J connectivity index is 1.83. The van der Waals surface area contributed by atoms with Gasteiger partial charge in [-0.15, -0.1) is 0 Å². The Morgan fingerprint density at radius 2 is 1.87 bits per heavy atom. The van der Waals surface area contributed by atoms with Gasteiger partial charge in [-0.2, -0.15) is 0 Å². The van der Waals surface area contributed by atoms with Crippen LogP contribution in [0.25, 0.3) is 0 Å². The van der Waals surface area contributed by atoms with Crippen molar-refractivity contribution in [3.63, 3.8) is 0 Å². The van der Waals surface area contributed by atoms with E-state index in [0.717, 1.165) is 18.8 Å². The lowest BCUT2D eigenvalue weighted by molar-refractivity contribution is -0.142. The van der Waals surface area contributed by atoms with E-state index in [1.807, 2.05) is 0 Å². The molecule has 2 aliphatic rings. The first-order valence-corrected chi connectivity index (χ1v) is 6.15. The molecule has 0 aromatic heterocycles. The number of esters is 1. The highest BCUT2D eigenvalue weighted by molar-refractivity contribution is 5.76. The zero-order chi connectivity index (χ0) is 10.7. The normalized spacial score (nSPS) is 32.9. The maximum Gasteiger partial charge on any atom is 0.322 e. The predicted molar refractivity (Wildman–Crippen MR) is 58.5 cm³/mol. The van der Waals surface area contributed by atoms with Crippen LogP contribution in [0, 0.1) is 5.92 Å². The third-order valence-electron chi connectivity index (χ3n) is 3.89. The van der Waals surface area contributed by atoms with Crippen LogP contribution in [0.3, 0.4) is 0 Å². The number of ether oxygens (including phenoxy) is 1. The number of rotatable bonds is 2. The van der Waals surface area contributed by atoms with Crippen molar-refractivity contribution in [3.05, 3.63) is 0 Å². The van der Waals surface area contributed by atoms with Crippen molar-refractivity contribution >= 4 is 5.97 Å². The van der Waals surface area contributed by atoms with Crippen LogP contribution in [0.15, 0.2) is 0 Å². The van der Waals surface area contributed by atoms with Crippen molar-refractivity contribution in [2.24, 2.45) is 5.92 Å². The highest BCUT2D eigenvalue weighted by Crippen LogP contribution is 2.31. The zero-order valence-corrected chi connectivity index (χ0v) is 9.50. The zero-order valence-electron chi connectivity index (χ0n) is 9.50. The summed E-state index contributed by atoms with van der Waals surface area (Å²) in [4.78, 5) is 11.4. The molecule has 1 saturated heterocycles.